The number of hydrogen-bond donors (Lipinski definition) is 4. The first-order valence-electron chi connectivity index (χ1n) is 10.2. The van der Waals surface area contributed by atoms with Crippen molar-refractivity contribution in [1.29, 1.82) is 0 Å². The van der Waals surface area contributed by atoms with Crippen LogP contribution in [0.25, 0.3) is 0 Å². The van der Waals surface area contributed by atoms with Crippen molar-refractivity contribution in [3.8, 4) is 5.75 Å². The van der Waals surface area contributed by atoms with Gasteiger partial charge in [0.25, 0.3) is 5.91 Å². The first-order valence-corrected chi connectivity index (χ1v) is 11.7. The van der Waals surface area contributed by atoms with Gasteiger partial charge >= 0.3 is 0 Å². The zero-order valence-electron chi connectivity index (χ0n) is 18.4. The van der Waals surface area contributed by atoms with E-state index in [1.54, 1.807) is 18.2 Å². The van der Waals surface area contributed by atoms with Crippen molar-refractivity contribution < 1.29 is 27.8 Å². The lowest BCUT2D eigenvalue weighted by atomic mass is 10.1. The van der Waals surface area contributed by atoms with Gasteiger partial charge in [-0.15, -0.1) is 12.4 Å². The molecule has 3 rings (SSSR count). The highest BCUT2D eigenvalue weighted by molar-refractivity contribution is 7.91. The van der Waals surface area contributed by atoms with Crippen LogP contribution in [0.5, 0.6) is 5.75 Å². The largest absolute Gasteiger partial charge is 0.507 e. The number of aryl methyl sites for hydroxylation is 1. The fourth-order valence-electron chi connectivity index (χ4n) is 3.36. The van der Waals surface area contributed by atoms with Crippen LogP contribution in [-0.4, -0.2) is 37.6 Å². The van der Waals surface area contributed by atoms with Crippen LogP contribution in [0.1, 0.15) is 33.2 Å². The van der Waals surface area contributed by atoms with Crippen LogP contribution in [0.2, 0.25) is 0 Å². The summed E-state index contributed by atoms with van der Waals surface area (Å²) in [7, 11) is -3.92. The molecule has 0 aliphatic rings. The van der Waals surface area contributed by atoms with Gasteiger partial charge in [0.15, 0.2) is 0 Å². The Morgan fingerprint density at radius 1 is 1.09 bits per heavy atom. The van der Waals surface area contributed by atoms with E-state index in [1.807, 2.05) is 0 Å². The third kappa shape index (κ3) is 6.32. The van der Waals surface area contributed by atoms with Gasteiger partial charge in [0.2, 0.25) is 9.84 Å². The lowest BCUT2D eigenvalue weighted by Crippen LogP contribution is -2.23. The van der Waals surface area contributed by atoms with Gasteiger partial charge in [-0.1, -0.05) is 24.3 Å². The fraction of sp³-hybridized carbons (Fsp3) is 0.208. The molecule has 7 nitrogen and oxygen atoms in total. The summed E-state index contributed by atoms with van der Waals surface area (Å²) < 4.78 is 39.2. The predicted octanol–water partition coefficient (Wildman–Crippen LogP) is 3.06. The summed E-state index contributed by atoms with van der Waals surface area (Å²) in [6.07, 6.45) is -0.257. The van der Waals surface area contributed by atoms with E-state index in [0.717, 1.165) is 11.6 Å². The van der Waals surface area contributed by atoms with Gasteiger partial charge < -0.3 is 21.3 Å². The maximum Gasteiger partial charge on any atom is 0.252 e. The minimum Gasteiger partial charge on any atom is -0.507 e. The van der Waals surface area contributed by atoms with E-state index < -0.39 is 27.7 Å². The van der Waals surface area contributed by atoms with Gasteiger partial charge in [0, 0.05) is 6.54 Å². The molecule has 5 N–H and O–H groups in total. The fourth-order valence-corrected chi connectivity index (χ4v) is 4.74. The van der Waals surface area contributed by atoms with Crippen LogP contribution in [-0.2, 0) is 16.3 Å². The summed E-state index contributed by atoms with van der Waals surface area (Å²) >= 11 is 0. The first-order chi connectivity index (χ1) is 15.6. The SMILES string of the molecule is Cc1cc(S(=O)(=O)c2ccc(CCNC[C@@H](O)c3cccc(F)c3)cc2)cc(C(N)=O)c1O.Cl. The van der Waals surface area contributed by atoms with Gasteiger partial charge in [-0.25, -0.2) is 12.8 Å². The molecule has 0 radical (unpaired) electrons. The lowest BCUT2D eigenvalue weighted by molar-refractivity contribution is 0.0997. The Morgan fingerprint density at radius 3 is 2.38 bits per heavy atom. The van der Waals surface area contributed by atoms with Crippen molar-refractivity contribution in [1.82, 2.24) is 5.32 Å². The molecular formula is C24H26ClFN2O5S. The number of halogens is 2. The number of nitrogens with two attached hydrogens (primary N) is 1. The minimum absolute atomic E-state index is 0. The number of phenols is 1. The Bertz CT molecular complexity index is 1270. The highest BCUT2D eigenvalue weighted by Gasteiger charge is 2.22. The molecule has 0 aromatic heterocycles. The summed E-state index contributed by atoms with van der Waals surface area (Å²) in [6.45, 7) is 2.26. The number of benzene rings is 3. The van der Waals surface area contributed by atoms with E-state index in [1.165, 1.54) is 43.3 Å². The topological polar surface area (TPSA) is 130 Å². The van der Waals surface area contributed by atoms with Crippen LogP contribution in [0.15, 0.2) is 70.5 Å². The molecule has 0 saturated carbocycles. The Hall–Kier alpha value is -2.98. The predicted molar refractivity (Wildman–Crippen MR) is 128 cm³/mol. The van der Waals surface area contributed by atoms with Gasteiger partial charge in [-0.2, -0.15) is 0 Å². The molecule has 0 heterocycles. The van der Waals surface area contributed by atoms with Crippen molar-refractivity contribution in [2.75, 3.05) is 13.1 Å². The molecule has 0 spiro atoms. The average molecular weight is 509 g/mol. The summed E-state index contributed by atoms with van der Waals surface area (Å²) in [5.41, 5.74) is 6.58. The van der Waals surface area contributed by atoms with Crippen LogP contribution >= 0.6 is 12.4 Å². The number of carbonyl (C=O) groups excluding carboxylic acids is 1. The summed E-state index contributed by atoms with van der Waals surface area (Å²) in [5.74, 6) is -1.67. The van der Waals surface area contributed by atoms with Crippen molar-refractivity contribution in [2.24, 2.45) is 5.73 Å². The number of amides is 1. The van der Waals surface area contributed by atoms with Crippen molar-refractivity contribution in [2.45, 2.75) is 29.2 Å². The maximum atomic E-state index is 13.2. The van der Waals surface area contributed by atoms with E-state index in [0.29, 0.717) is 18.5 Å². The Morgan fingerprint density at radius 2 is 1.76 bits per heavy atom. The van der Waals surface area contributed by atoms with Crippen molar-refractivity contribution >= 4 is 28.2 Å². The van der Waals surface area contributed by atoms with Gasteiger partial charge in [-0.3, -0.25) is 4.79 Å². The highest BCUT2D eigenvalue weighted by atomic mass is 35.5. The molecule has 34 heavy (non-hydrogen) atoms. The average Bonchev–Trinajstić information content (AvgIpc) is 2.78. The Labute approximate surface area is 203 Å². The molecular weight excluding hydrogens is 483 g/mol. The second-order valence-corrected chi connectivity index (χ2v) is 9.62. The third-order valence-electron chi connectivity index (χ3n) is 5.25. The number of hydrogen-bond acceptors (Lipinski definition) is 6. The van der Waals surface area contributed by atoms with Crippen LogP contribution in [0.3, 0.4) is 0 Å². The first kappa shape index (κ1) is 27.3. The second-order valence-electron chi connectivity index (χ2n) is 7.67. The molecule has 182 valence electrons. The van der Waals surface area contributed by atoms with Crippen molar-refractivity contribution in [3.63, 3.8) is 0 Å². The number of nitrogens with one attached hydrogen (secondary N) is 1. The maximum absolute atomic E-state index is 13.2. The summed E-state index contributed by atoms with van der Waals surface area (Å²) in [4.78, 5) is 11.4. The molecule has 3 aromatic carbocycles. The monoisotopic (exact) mass is 508 g/mol. The zero-order chi connectivity index (χ0) is 24.2. The molecule has 1 amide bonds. The molecule has 0 unspecified atom stereocenters. The number of aliphatic hydroxyl groups is 1. The number of rotatable bonds is 9. The standard InChI is InChI=1S/C24H25FN2O5S.ClH/c1-15-11-20(13-21(23(15)29)24(26)30)33(31,32)19-7-5-16(6-8-19)9-10-27-14-22(28)17-3-2-4-18(25)12-17;/h2-8,11-13,22,27-29H,9-10,14H2,1H3,(H2,26,30);1H/t22-;/m1./s1. The number of carbonyl (C=O) groups is 1. The molecule has 0 bridgehead atoms. The number of aromatic hydroxyl groups is 1. The van der Waals surface area contributed by atoms with Crippen LogP contribution in [0.4, 0.5) is 4.39 Å². The van der Waals surface area contributed by atoms with E-state index in [4.69, 9.17) is 5.73 Å². The Balaban J connectivity index is 0.00000408. The number of sulfone groups is 1. The summed E-state index contributed by atoms with van der Waals surface area (Å²) in [5, 5.41) is 23.2. The smallest absolute Gasteiger partial charge is 0.252 e. The molecule has 1 atom stereocenters. The van der Waals surface area contributed by atoms with Gasteiger partial charge in [-0.05, 0) is 73.0 Å². The molecule has 3 aromatic rings. The number of aliphatic hydroxyl groups excluding tert-OH is 1. The molecule has 10 heteroatoms. The second kappa shape index (κ2) is 11.4. The number of primary amides is 1. The summed E-state index contributed by atoms with van der Waals surface area (Å²) in [6, 6.07) is 14.5. The molecule has 0 aliphatic carbocycles. The molecule has 0 aliphatic heterocycles. The van der Waals surface area contributed by atoms with Gasteiger partial charge in [0.05, 0.1) is 21.5 Å². The quantitative estimate of drug-likeness (QED) is 0.329. The van der Waals surface area contributed by atoms with Crippen molar-refractivity contribution in [3.05, 3.63) is 88.7 Å². The minimum atomic E-state index is -3.92. The highest BCUT2D eigenvalue weighted by Crippen LogP contribution is 2.29. The van der Waals surface area contributed by atoms with Crippen LogP contribution < -0.4 is 11.1 Å². The van der Waals surface area contributed by atoms with E-state index >= 15 is 0 Å². The van der Waals surface area contributed by atoms with E-state index in [2.05, 4.69) is 5.32 Å². The normalized spacial score (nSPS) is 12.1. The third-order valence-corrected chi connectivity index (χ3v) is 6.99. The zero-order valence-corrected chi connectivity index (χ0v) is 20.0. The molecule has 0 saturated heterocycles. The molecule has 0 fully saturated rings. The van der Waals surface area contributed by atoms with E-state index in [-0.39, 0.29) is 45.6 Å². The lowest BCUT2D eigenvalue weighted by Gasteiger charge is -2.13. The van der Waals surface area contributed by atoms with E-state index in [9.17, 15) is 27.8 Å². The van der Waals surface area contributed by atoms with Gasteiger partial charge in [0.1, 0.15) is 11.6 Å². The van der Waals surface area contributed by atoms with Crippen LogP contribution in [0, 0.1) is 12.7 Å². The Kier molecular flexibility index (Phi) is 9.17.